The molecule has 0 amide bonds. The van der Waals surface area contributed by atoms with Gasteiger partial charge in [-0.2, -0.15) is 0 Å². The maximum absolute atomic E-state index is 4.67. The van der Waals surface area contributed by atoms with Crippen molar-refractivity contribution in [2.75, 3.05) is 18.0 Å². The maximum atomic E-state index is 4.67. The lowest BCUT2D eigenvalue weighted by atomic mass is 9.96. The van der Waals surface area contributed by atoms with Crippen molar-refractivity contribution in [1.82, 2.24) is 9.97 Å². The molecule has 4 heteroatoms. The van der Waals surface area contributed by atoms with Crippen molar-refractivity contribution in [3.63, 3.8) is 0 Å². The molecule has 0 radical (unpaired) electrons. The fourth-order valence-electron chi connectivity index (χ4n) is 2.86. The van der Waals surface area contributed by atoms with Crippen molar-refractivity contribution in [3.05, 3.63) is 16.5 Å². The van der Waals surface area contributed by atoms with Crippen LogP contribution in [0.4, 0.5) is 5.82 Å². The Hall–Kier alpha value is -0.640. The second-order valence-electron chi connectivity index (χ2n) is 5.39. The van der Waals surface area contributed by atoms with Gasteiger partial charge in [0.25, 0.3) is 0 Å². The van der Waals surface area contributed by atoms with Gasteiger partial charge in [-0.1, -0.05) is 26.7 Å². The lowest BCUT2D eigenvalue weighted by molar-refractivity contribution is 0.435. The summed E-state index contributed by atoms with van der Waals surface area (Å²) < 4.78 is 0.906. The summed E-state index contributed by atoms with van der Waals surface area (Å²) in [6.45, 7) is 6.66. The summed E-state index contributed by atoms with van der Waals surface area (Å²) in [5, 5.41) is 0. The van der Waals surface area contributed by atoms with Gasteiger partial charge >= 0.3 is 0 Å². The van der Waals surface area contributed by atoms with Crippen molar-refractivity contribution >= 4 is 21.7 Å². The van der Waals surface area contributed by atoms with Gasteiger partial charge in [0.05, 0.1) is 0 Å². The smallest absolute Gasteiger partial charge is 0.133 e. The maximum Gasteiger partial charge on any atom is 0.133 e. The van der Waals surface area contributed by atoms with Crippen LogP contribution in [0.2, 0.25) is 0 Å². The lowest BCUT2D eigenvalue weighted by Gasteiger charge is -2.22. The number of nitrogens with zero attached hydrogens (tertiary/aromatic N) is 3. The molecule has 2 heterocycles. The molecule has 0 aromatic carbocycles. The predicted octanol–water partition coefficient (Wildman–Crippen LogP) is 4.21. The first kappa shape index (κ1) is 14.8. The summed E-state index contributed by atoms with van der Waals surface area (Å²) in [5.74, 6) is 2.93. The molecule has 1 aromatic rings. The van der Waals surface area contributed by atoms with E-state index in [0.717, 1.165) is 41.7 Å². The Balaban J connectivity index is 2.07. The summed E-state index contributed by atoms with van der Waals surface area (Å²) in [7, 11) is 0. The van der Waals surface area contributed by atoms with E-state index >= 15 is 0 Å². The van der Waals surface area contributed by atoms with Crippen molar-refractivity contribution in [2.24, 2.45) is 5.92 Å². The molecule has 106 valence electrons. The Bertz CT molecular complexity index is 408. The van der Waals surface area contributed by atoms with Gasteiger partial charge in [-0.25, -0.2) is 9.97 Å². The third kappa shape index (κ3) is 4.16. The molecule has 1 aliphatic rings. The minimum atomic E-state index is 0.888. The van der Waals surface area contributed by atoms with E-state index in [0.29, 0.717) is 0 Å². The average Bonchev–Trinajstić information content (AvgIpc) is 2.64. The lowest BCUT2D eigenvalue weighted by Crippen LogP contribution is -2.25. The van der Waals surface area contributed by atoms with Gasteiger partial charge in [-0.15, -0.1) is 0 Å². The summed E-state index contributed by atoms with van der Waals surface area (Å²) in [5.41, 5.74) is 0. The summed E-state index contributed by atoms with van der Waals surface area (Å²) in [6, 6.07) is 2.05. The first-order valence-electron chi connectivity index (χ1n) is 7.51. The van der Waals surface area contributed by atoms with Gasteiger partial charge in [0.2, 0.25) is 0 Å². The molecule has 2 rings (SSSR count). The molecule has 0 N–H and O–H groups in total. The molecule has 0 aliphatic carbocycles. The van der Waals surface area contributed by atoms with Gasteiger partial charge in [0.1, 0.15) is 16.2 Å². The van der Waals surface area contributed by atoms with Gasteiger partial charge in [0, 0.05) is 25.6 Å². The standard InChI is InChI=1S/C15H24BrN3/c1-3-6-12-7-5-9-19(10-8-12)15-11-13(16)17-14(4-2)18-15/h11-12H,3-10H2,1-2H3. The SMILES string of the molecule is CCCC1CCCN(c2cc(Br)nc(CC)n2)CC1. The molecule has 1 unspecified atom stereocenters. The quantitative estimate of drug-likeness (QED) is 0.776. The predicted molar refractivity (Wildman–Crippen MR) is 83.6 cm³/mol. The highest BCUT2D eigenvalue weighted by Crippen LogP contribution is 2.25. The van der Waals surface area contributed by atoms with E-state index < -0.39 is 0 Å². The molecule has 1 atom stereocenters. The Kier molecular flexibility index (Phi) is 5.61. The normalized spacial score (nSPS) is 20.4. The second kappa shape index (κ2) is 7.22. The molecule has 0 saturated carbocycles. The van der Waals surface area contributed by atoms with Crippen LogP contribution in [-0.2, 0) is 6.42 Å². The van der Waals surface area contributed by atoms with Crippen LogP contribution >= 0.6 is 15.9 Å². The van der Waals surface area contributed by atoms with E-state index in [9.17, 15) is 0 Å². The van der Waals surface area contributed by atoms with Gasteiger partial charge in [-0.05, 0) is 41.1 Å². The topological polar surface area (TPSA) is 29.0 Å². The van der Waals surface area contributed by atoms with Crippen LogP contribution < -0.4 is 4.90 Å². The largest absolute Gasteiger partial charge is 0.356 e. The summed E-state index contributed by atoms with van der Waals surface area (Å²) in [6.07, 6.45) is 7.53. The zero-order chi connectivity index (χ0) is 13.7. The van der Waals surface area contributed by atoms with E-state index in [2.05, 4.69) is 50.7 Å². The van der Waals surface area contributed by atoms with E-state index in [-0.39, 0.29) is 0 Å². The fraction of sp³-hybridized carbons (Fsp3) is 0.733. The highest BCUT2D eigenvalue weighted by molar-refractivity contribution is 9.10. The van der Waals surface area contributed by atoms with Crippen LogP contribution in [0.25, 0.3) is 0 Å². The van der Waals surface area contributed by atoms with E-state index in [1.807, 2.05) is 0 Å². The Labute approximate surface area is 125 Å². The highest BCUT2D eigenvalue weighted by Gasteiger charge is 2.18. The van der Waals surface area contributed by atoms with E-state index in [4.69, 9.17) is 0 Å². The number of rotatable bonds is 4. The number of aromatic nitrogens is 2. The highest BCUT2D eigenvalue weighted by atomic mass is 79.9. The number of hydrogen-bond donors (Lipinski definition) is 0. The molecule has 0 spiro atoms. The zero-order valence-electron chi connectivity index (χ0n) is 12.0. The van der Waals surface area contributed by atoms with Crippen molar-refractivity contribution in [2.45, 2.75) is 52.4 Å². The Morgan fingerprint density at radius 2 is 2.11 bits per heavy atom. The minimum absolute atomic E-state index is 0.888. The van der Waals surface area contributed by atoms with E-state index in [1.54, 1.807) is 0 Å². The van der Waals surface area contributed by atoms with Crippen LogP contribution in [-0.4, -0.2) is 23.1 Å². The van der Waals surface area contributed by atoms with Gasteiger partial charge < -0.3 is 4.90 Å². The van der Waals surface area contributed by atoms with Crippen LogP contribution in [0, 0.1) is 5.92 Å². The number of hydrogen-bond acceptors (Lipinski definition) is 3. The van der Waals surface area contributed by atoms with Crippen molar-refractivity contribution in [1.29, 1.82) is 0 Å². The van der Waals surface area contributed by atoms with Gasteiger partial charge in [0.15, 0.2) is 0 Å². The Morgan fingerprint density at radius 1 is 1.26 bits per heavy atom. The third-order valence-corrected chi connectivity index (χ3v) is 4.32. The molecule has 1 aromatic heterocycles. The van der Waals surface area contributed by atoms with Crippen LogP contribution in [0.15, 0.2) is 10.7 Å². The first-order chi connectivity index (χ1) is 9.22. The zero-order valence-corrected chi connectivity index (χ0v) is 13.6. The number of halogens is 1. The third-order valence-electron chi connectivity index (χ3n) is 3.91. The molecule has 0 bridgehead atoms. The Morgan fingerprint density at radius 3 is 2.84 bits per heavy atom. The molecule has 1 aliphatic heterocycles. The second-order valence-corrected chi connectivity index (χ2v) is 6.20. The molecular formula is C15H24BrN3. The van der Waals surface area contributed by atoms with Gasteiger partial charge in [-0.3, -0.25) is 0 Å². The monoisotopic (exact) mass is 325 g/mol. The molecule has 1 saturated heterocycles. The van der Waals surface area contributed by atoms with Crippen LogP contribution in [0.3, 0.4) is 0 Å². The van der Waals surface area contributed by atoms with Crippen LogP contribution in [0.1, 0.15) is 51.8 Å². The fourth-order valence-corrected chi connectivity index (χ4v) is 3.27. The molecule has 19 heavy (non-hydrogen) atoms. The minimum Gasteiger partial charge on any atom is -0.356 e. The number of anilines is 1. The van der Waals surface area contributed by atoms with Crippen LogP contribution in [0.5, 0.6) is 0 Å². The van der Waals surface area contributed by atoms with Crippen molar-refractivity contribution < 1.29 is 0 Å². The molecule has 3 nitrogen and oxygen atoms in total. The molecular weight excluding hydrogens is 302 g/mol. The number of aryl methyl sites for hydroxylation is 1. The first-order valence-corrected chi connectivity index (χ1v) is 8.30. The summed E-state index contributed by atoms with van der Waals surface area (Å²) in [4.78, 5) is 11.5. The molecule has 1 fully saturated rings. The summed E-state index contributed by atoms with van der Waals surface area (Å²) >= 11 is 3.50. The van der Waals surface area contributed by atoms with E-state index in [1.165, 1.54) is 32.1 Å². The van der Waals surface area contributed by atoms with Crippen molar-refractivity contribution in [3.8, 4) is 0 Å². The average molecular weight is 326 g/mol.